The van der Waals surface area contributed by atoms with Gasteiger partial charge >= 0.3 is 6.03 Å². The number of halogens is 4. The molecule has 1 heterocycles. The summed E-state index contributed by atoms with van der Waals surface area (Å²) in [5.74, 6) is -0.519. The van der Waals surface area contributed by atoms with Gasteiger partial charge in [0.25, 0.3) is 5.91 Å². The minimum Gasteiger partial charge on any atom is -0.287 e. The van der Waals surface area contributed by atoms with Gasteiger partial charge in [0.15, 0.2) is 0 Å². The quantitative estimate of drug-likeness (QED) is 0.301. The number of carbonyl (C=O) groups excluding carboxylic acids is 2. The molecular formula is C19H10Cl4N2O2S. The van der Waals surface area contributed by atoms with E-state index in [0.29, 0.717) is 47.9 Å². The minimum atomic E-state index is -0.519. The molecule has 9 heteroatoms. The molecule has 0 bridgehead atoms. The van der Waals surface area contributed by atoms with E-state index in [4.69, 9.17) is 58.6 Å². The van der Waals surface area contributed by atoms with Gasteiger partial charge in [0.2, 0.25) is 0 Å². The lowest BCUT2D eigenvalue weighted by Crippen LogP contribution is -2.52. The standard InChI is InChI=1S/C19H10Cl4N2O2S/c1-24-17(26)16(18(28)25(2)19(24)27)13-9-3-7(20)5-11(22)14(9)15-10(13)4-8(21)6-12(15)23/h3-6H,1-2H3. The normalized spacial score (nSPS) is 16.1. The van der Waals surface area contributed by atoms with Crippen LogP contribution in [0.1, 0.15) is 11.1 Å². The van der Waals surface area contributed by atoms with Crippen LogP contribution in [0.2, 0.25) is 20.1 Å². The molecule has 1 aliphatic heterocycles. The number of fused-ring (bicyclic) bond motifs is 3. The van der Waals surface area contributed by atoms with E-state index in [-0.39, 0.29) is 10.6 Å². The molecule has 2 aliphatic rings. The highest BCUT2D eigenvalue weighted by Crippen LogP contribution is 2.53. The van der Waals surface area contributed by atoms with Crippen molar-refractivity contribution in [3.8, 4) is 11.1 Å². The highest BCUT2D eigenvalue weighted by molar-refractivity contribution is 7.81. The Balaban J connectivity index is 2.18. The van der Waals surface area contributed by atoms with E-state index in [1.807, 2.05) is 0 Å². The Kier molecular flexibility index (Phi) is 4.72. The lowest BCUT2D eigenvalue weighted by Gasteiger charge is -2.32. The van der Waals surface area contributed by atoms with Gasteiger partial charge in [-0.15, -0.1) is 0 Å². The average molecular weight is 472 g/mol. The smallest absolute Gasteiger partial charge is 0.287 e. The Labute approximate surface area is 186 Å². The SMILES string of the molecule is CN1C(=O)C(=C2c3cc(Cl)cc(Cl)c3-c3c(Cl)cc(Cl)cc32)C(=S)N(C)C1=O. The number of rotatable bonds is 0. The largest absolute Gasteiger partial charge is 0.331 e. The van der Waals surface area contributed by atoms with E-state index < -0.39 is 11.9 Å². The second-order valence-corrected chi connectivity index (χ2v) is 8.46. The van der Waals surface area contributed by atoms with Crippen LogP contribution in [0.4, 0.5) is 4.79 Å². The number of likely N-dealkylation sites (N-methyl/N-ethyl adjacent to an activating group) is 2. The predicted molar refractivity (Wildman–Crippen MR) is 116 cm³/mol. The number of thiocarbonyl (C=S) groups is 1. The second-order valence-electron chi connectivity index (χ2n) is 6.38. The first-order valence-corrected chi connectivity index (χ1v) is 9.89. The van der Waals surface area contributed by atoms with Crippen LogP contribution in [0.3, 0.4) is 0 Å². The number of hydrogen-bond donors (Lipinski definition) is 0. The molecule has 0 atom stereocenters. The first kappa shape index (κ1) is 19.7. The summed E-state index contributed by atoms with van der Waals surface area (Å²) in [5.41, 5.74) is 3.19. The van der Waals surface area contributed by atoms with Gasteiger partial charge < -0.3 is 0 Å². The highest BCUT2D eigenvalue weighted by Gasteiger charge is 2.41. The molecule has 2 aromatic rings. The zero-order valence-corrected chi connectivity index (χ0v) is 18.3. The van der Waals surface area contributed by atoms with Gasteiger partial charge in [-0.3, -0.25) is 14.6 Å². The van der Waals surface area contributed by atoms with Gasteiger partial charge in [-0.25, -0.2) is 4.79 Å². The third kappa shape index (κ3) is 2.69. The third-order valence-electron chi connectivity index (χ3n) is 4.76. The summed E-state index contributed by atoms with van der Waals surface area (Å²) in [6.45, 7) is 0. The third-order valence-corrected chi connectivity index (χ3v) is 6.27. The van der Waals surface area contributed by atoms with Gasteiger partial charge in [-0.2, -0.15) is 0 Å². The van der Waals surface area contributed by atoms with Crippen LogP contribution in [0, 0.1) is 0 Å². The molecule has 1 saturated heterocycles. The summed E-state index contributed by atoms with van der Waals surface area (Å²) in [6, 6.07) is 6.09. The summed E-state index contributed by atoms with van der Waals surface area (Å²) >= 11 is 30.9. The number of amides is 3. The molecular weight excluding hydrogens is 462 g/mol. The van der Waals surface area contributed by atoms with Crippen LogP contribution in [-0.4, -0.2) is 40.8 Å². The minimum absolute atomic E-state index is 0.106. The molecule has 28 heavy (non-hydrogen) atoms. The Morgan fingerprint density at radius 2 is 1.21 bits per heavy atom. The topological polar surface area (TPSA) is 40.6 Å². The van der Waals surface area contributed by atoms with E-state index in [9.17, 15) is 9.59 Å². The number of nitrogens with zero attached hydrogens (tertiary/aromatic N) is 2. The van der Waals surface area contributed by atoms with Gasteiger partial charge in [0, 0.05) is 40.8 Å². The molecule has 0 unspecified atom stereocenters. The molecule has 0 radical (unpaired) electrons. The molecule has 4 nitrogen and oxygen atoms in total. The van der Waals surface area contributed by atoms with Crippen molar-refractivity contribution in [3.63, 3.8) is 0 Å². The predicted octanol–water partition coefficient (Wildman–Crippen LogP) is 5.93. The number of carbonyl (C=O) groups is 2. The fourth-order valence-electron chi connectivity index (χ4n) is 3.50. The van der Waals surface area contributed by atoms with Crippen molar-refractivity contribution < 1.29 is 9.59 Å². The lowest BCUT2D eigenvalue weighted by molar-refractivity contribution is -0.123. The molecule has 0 spiro atoms. The molecule has 0 N–H and O–H groups in total. The van der Waals surface area contributed by atoms with Crippen molar-refractivity contribution in [3.05, 3.63) is 61.1 Å². The molecule has 4 rings (SSSR count). The van der Waals surface area contributed by atoms with Crippen molar-refractivity contribution in [2.24, 2.45) is 0 Å². The van der Waals surface area contributed by atoms with Crippen molar-refractivity contribution in [1.29, 1.82) is 0 Å². The first-order chi connectivity index (χ1) is 13.1. The van der Waals surface area contributed by atoms with Crippen LogP contribution < -0.4 is 0 Å². The van der Waals surface area contributed by atoms with Gasteiger partial charge in [-0.05, 0) is 35.4 Å². The molecule has 3 amide bonds. The van der Waals surface area contributed by atoms with Crippen LogP contribution >= 0.6 is 58.6 Å². The summed E-state index contributed by atoms with van der Waals surface area (Å²) in [4.78, 5) is 27.6. The second kappa shape index (κ2) is 6.71. The Hall–Kier alpha value is -1.63. The monoisotopic (exact) mass is 470 g/mol. The molecule has 142 valence electrons. The van der Waals surface area contributed by atoms with Crippen molar-refractivity contribution in [1.82, 2.24) is 9.80 Å². The van der Waals surface area contributed by atoms with Crippen LogP contribution in [0.5, 0.6) is 0 Å². The maximum atomic E-state index is 13.0. The van der Waals surface area contributed by atoms with Gasteiger partial charge in [-0.1, -0.05) is 58.6 Å². The number of benzene rings is 2. The zero-order valence-electron chi connectivity index (χ0n) is 14.4. The maximum Gasteiger partial charge on any atom is 0.331 e. The maximum absolute atomic E-state index is 13.0. The summed E-state index contributed by atoms with van der Waals surface area (Å²) in [5, 5.41) is 1.55. The average Bonchev–Trinajstić information content (AvgIpc) is 2.93. The van der Waals surface area contributed by atoms with Gasteiger partial charge in [0.1, 0.15) is 4.99 Å². The number of imide groups is 1. The molecule has 0 aromatic heterocycles. The van der Waals surface area contributed by atoms with E-state index in [2.05, 4.69) is 0 Å². The molecule has 1 aliphatic carbocycles. The van der Waals surface area contributed by atoms with Gasteiger partial charge in [0.05, 0.1) is 15.6 Å². The van der Waals surface area contributed by atoms with Crippen molar-refractivity contribution in [2.75, 3.05) is 14.1 Å². The Morgan fingerprint density at radius 3 is 1.68 bits per heavy atom. The van der Waals surface area contributed by atoms with Crippen LogP contribution in [0.15, 0.2) is 29.8 Å². The number of urea groups is 1. The molecule has 1 fully saturated rings. The van der Waals surface area contributed by atoms with Crippen LogP contribution in [0.25, 0.3) is 16.7 Å². The Bertz CT molecular complexity index is 1070. The van der Waals surface area contributed by atoms with E-state index in [1.54, 1.807) is 24.3 Å². The van der Waals surface area contributed by atoms with Crippen molar-refractivity contribution >= 4 is 81.1 Å². The summed E-state index contributed by atoms with van der Waals surface area (Å²) in [7, 11) is 2.91. The fraction of sp³-hybridized carbons (Fsp3) is 0.105. The molecule has 2 aromatic carbocycles. The molecule has 0 saturated carbocycles. The number of hydrogen-bond acceptors (Lipinski definition) is 3. The highest BCUT2D eigenvalue weighted by atomic mass is 35.5. The zero-order chi connectivity index (χ0) is 20.5. The van der Waals surface area contributed by atoms with Crippen LogP contribution in [-0.2, 0) is 4.79 Å². The van der Waals surface area contributed by atoms with Crippen molar-refractivity contribution in [2.45, 2.75) is 0 Å². The lowest BCUT2D eigenvalue weighted by atomic mass is 9.95. The van der Waals surface area contributed by atoms with E-state index >= 15 is 0 Å². The summed E-state index contributed by atoms with van der Waals surface area (Å²) < 4.78 is 0. The Morgan fingerprint density at radius 1 is 0.750 bits per heavy atom. The first-order valence-electron chi connectivity index (χ1n) is 7.97. The van der Waals surface area contributed by atoms with E-state index in [1.165, 1.54) is 19.0 Å². The summed E-state index contributed by atoms with van der Waals surface area (Å²) in [6.07, 6.45) is 0. The van der Waals surface area contributed by atoms with E-state index in [0.717, 1.165) is 4.90 Å². The fourth-order valence-corrected chi connectivity index (χ4v) is 4.95.